The number of methoxy groups -OCH3 is 2. The van der Waals surface area contributed by atoms with Crippen LogP contribution >= 0.6 is 0 Å². The number of hydrogen-bond acceptors (Lipinski definition) is 5. The van der Waals surface area contributed by atoms with Crippen molar-refractivity contribution in [2.75, 3.05) is 14.2 Å². The summed E-state index contributed by atoms with van der Waals surface area (Å²) in [6.45, 7) is 0. The summed E-state index contributed by atoms with van der Waals surface area (Å²) in [5.41, 5.74) is 1.50. The molecule has 0 radical (unpaired) electrons. The van der Waals surface area contributed by atoms with E-state index >= 15 is 0 Å². The highest BCUT2D eigenvalue weighted by Crippen LogP contribution is 2.30. The largest absolute Gasteiger partial charge is 0.497 e. The number of aliphatic imine (C=N–C) groups is 1. The van der Waals surface area contributed by atoms with Crippen LogP contribution in [0.3, 0.4) is 0 Å². The van der Waals surface area contributed by atoms with E-state index in [1.165, 1.54) is 12.3 Å². The van der Waals surface area contributed by atoms with Crippen molar-refractivity contribution >= 4 is 23.8 Å². The van der Waals surface area contributed by atoms with Crippen molar-refractivity contribution in [1.82, 2.24) is 0 Å². The Morgan fingerprint density at radius 2 is 2.00 bits per heavy atom. The quantitative estimate of drug-likeness (QED) is 0.791. The molecule has 3 rings (SSSR count). The molecule has 0 fully saturated rings. The maximum Gasteiger partial charge on any atom is 0.201 e. The van der Waals surface area contributed by atoms with Crippen LogP contribution in [0.25, 0.3) is 6.08 Å². The second kappa shape index (κ2) is 7.00. The van der Waals surface area contributed by atoms with Gasteiger partial charge in [0.1, 0.15) is 22.9 Å². The van der Waals surface area contributed by atoms with Crippen molar-refractivity contribution in [3.63, 3.8) is 0 Å². The number of rotatable bonds is 5. The van der Waals surface area contributed by atoms with Crippen LogP contribution < -0.4 is 14.2 Å². The molecule has 1 aliphatic rings. The summed E-state index contributed by atoms with van der Waals surface area (Å²) in [5.74, 6) is 1.73. The van der Waals surface area contributed by atoms with E-state index in [0.29, 0.717) is 17.2 Å². The SMILES string of the molecule is COc1ccc(C=CC(=O)C2C=Nc3ccccc3O2)c(OC)c1. The standard InChI is InChI=1S/C19H17NO4/c1-22-14-9-7-13(18(11-14)23-2)8-10-16(21)19-12-20-15-5-3-4-6-17(15)24-19/h3-12,19H,1-2H3. The minimum absolute atomic E-state index is 0.189. The van der Waals surface area contributed by atoms with E-state index in [1.807, 2.05) is 30.3 Å². The molecule has 5 heteroatoms. The molecule has 2 aromatic rings. The van der Waals surface area contributed by atoms with Crippen molar-refractivity contribution < 1.29 is 19.0 Å². The van der Waals surface area contributed by atoms with Crippen LogP contribution in [-0.2, 0) is 4.79 Å². The number of nitrogens with zero attached hydrogens (tertiary/aromatic N) is 1. The zero-order valence-electron chi connectivity index (χ0n) is 13.4. The summed E-state index contributed by atoms with van der Waals surface area (Å²) in [6, 6.07) is 12.7. The number of ketones is 1. The van der Waals surface area contributed by atoms with Crippen molar-refractivity contribution in [3.05, 3.63) is 54.1 Å². The molecule has 0 N–H and O–H groups in total. The molecule has 1 heterocycles. The minimum Gasteiger partial charge on any atom is -0.497 e. The average molecular weight is 323 g/mol. The van der Waals surface area contributed by atoms with Crippen LogP contribution in [0.2, 0.25) is 0 Å². The predicted molar refractivity (Wildman–Crippen MR) is 92.6 cm³/mol. The zero-order valence-corrected chi connectivity index (χ0v) is 13.4. The number of fused-ring (bicyclic) bond motifs is 1. The molecular formula is C19H17NO4. The van der Waals surface area contributed by atoms with Gasteiger partial charge in [-0.25, -0.2) is 0 Å². The fourth-order valence-electron chi connectivity index (χ4n) is 2.33. The summed E-state index contributed by atoms with van der Waals surface area (Å²) in [4.78, 5) is 16.6. The zero-order chi connectivity index (χ0) is 16.9. The maximum atomic E-state index is 12.3. The Labute approximate surface area is 140 Å². The Bertz CT molecular complexity index is 811. The highest BCUT2D eigenvalue weighted by atomic mass is 16.5. The van der Waals surface area contributed by atoms with Crippen LogP contribution in [0, 0.1) is 0 Å². The van der Waals surface area contributed by atoms with Gasteiger partial charge in [0.25, 0.3) is 0 Å². The molecule has 5 nitrogen and oxygen atoms in total. The van der Waals surface area contributed by atoms with Crippen LogP contribution in [0.1, 0.15) is 5.56 Å². The van der Waals surface area contributed by atoms with Crippen LogP contribution in [-0.4, -0.2) is 32.3 Å². The molecular weight excluding hydrogens is 306 g/mol. The van der Waals surface area contributed by atoms with Gasteiger partial charge in [0.05, 0.1) is 20.4 Å². The molecule has 0 saturated carbocycles. The van der Waals surface area contributed by atoms with E-state index in [0.717, 1.165) is 11.3 Å². The number of hydrogen-bond donors (Lipinski definition) is 0. The lowest BCUT2D eigenvalue weighted by atomic mass is 10.1. The third-order valence-corrected chi connectivity index (χ3v) is 3.62. The number of ether oxygens (including phenoxy) is 3. The molecule has 0 amide bonds. The van der Waals surface area contributed by atoms with Crippen molar-refractivity contribution in [3.8, 4) is 17.2 Å². The Morgan fingerprint density at radius 3 is 2.79 bits per heavy atom. The molecule has 1 atom stereocenters. The fourth-order valence-corrected chi connectivity index (χ4v) is 2.33. The molecule has 122 valence electrons. The van der Waals surface area contributed by atoms with Gasteiger partial charge in [-0.1, -0.05) is 12.1 Å². The van der Waals surface area contributed by atoms with Crippen LogP contribution in [0.4, 0.5) is 5.69 Å². The van der Waals surface area contributed by atoms with Crippen molar-refractivity contribution in [2.24, 2.45) is 4.99 Å². The molecule has 1 unspecified atom stereocenters. The first-order chi connectivity index (χ1) is 11.7. The molecule has 0 saturated heterocycles. The molecule has 24 heavy (non-hydrogen) atoms. The summed E-state index contributed by atoms with van der Waals surface area (Å²) in [6.07, 6.45) is 3.95. The first-order valence-corrected chi connectivity index (χ1v) is 7.45. The van der Waals surface area contributed by atoms with Gasteiger partial charge < -0.3 is 14.2 Å². The number of carbonyl (C=O) groups is 1. The van der Waals surface area contributed by atoms with Gasteiger partial charge in [-0.05, 0) is 36.4 Å². The second-order valence-electron chi connectivity index (χ2n) is 5.13. The van der Waals surface area contributed by atoms with Gasteiger partial charge in [0, 0.05) is 11.6 Å². The predicted octanol–water partition coefficient (Wildman–Crippen LogP) is 3.45. The third kappa shape index (κ3) is 3.30. The van der Waals surface area contributed by atoms with Crippen molar-refractivity contribution in [2.45, 2.75) is 6.10 Å². The van der Waals surface area contributed by atoms with Crippen LogP contribution in [0.15, 0.2) is 53.5 Å². The normalized spacial score (nSPS) is 15.7. The first kappa shape index (κ1) is 15.8. The van der Waals surface area contributed by atoms with E-state index in [2.05, 4.69) is 4.99 Å². The fraction of sp³-hybridized carbons (Fsp3) is 0.158. The van der Waals surface area contributed by atoms with E-state index in [1.54, 1.807) is 32.4 Å². The summed E-state index contributed by atoms with van der Waals surface area (Å²) < 4.78 is 16.1. The topological polar surface area (TPSA) is 57.1 Å². The molecule has 0 aromatic heterocycles. The molecule has 0 spiro atoms. The highest BCUT2D eigenvalue weighted by molar-refractivity contribution is 6.08. The van der Waals surface area contributed by atoms with Crippen LogP contribution in [0.5, 0.6) is 17.2 Å². The van der Waals surface area contributed by atoms with E-state index in [-0.39, 0.29) is 5.78 Å². The summed E-state index contributed by atoms with van der Waals surface area (Å²) in [5, 5.41) is 0. The Hall–Kier alpha value is -3.08. The first-order valence-electron chi connectivity index (χ1n) is 7.45. The van der Waals surface area contributed by atoms with E-state index in [9.17, 15) is 4.79 Å². The monoisotopic (exact) mass is 323 g/mol. The van der Waals surface area contributed by atoms with Crippen molar-refractivity contribution in [1.29, 1.82) is 0 Å². The third-order valence-electron chi connectivity index (χ3n) is 3.62. The van der Waals surface area contributed by atoms with Gasteiger partial charge in [0.2, 0.25) is 5.78 Å². The smallest absolute Gasteiger partial charge is 0.201 e. The maximum absolute atomic E-state index is 12.3. The lowest BCUT2D eigenvalue weighted by molar-refractivity contribution is -0.118. The van der Waals surface area contributed by atoms with Gasteiger partial charge in [-0.15, -0.1) is 0 Å². The van der Waals surface area contributed by atoms with E-state index < -0.39 is 6.10 Å². The number of carbonyl (C=O) groups excluding carboxylic acids is 1. The van der Waals surface area contributed by atoms with E-state index in [4.69, 9.17) is 14.2 Å². The van der Waals surface area contributed by atoms with Gasteiger partial charge in [-0.3, -0.25) is 9.79 Å². The molecule has 1 aliphatic heterocycles. The number of benzene rings is 2. The van der Waals surface area contributed by atoms with Gasteiger partial charge in [0.15, 0.2) is 6.10 Å². The Kier molecular flexibility index (Phi) is 4.61. The molecule has 0 aliphatic carbocycles. The molecule has 2 aromatic carbocycles. The van der Waals surface area contributed by atoms with Gasteiger partial charge in [-0.2, -0.15) is 0 Å². The second-order valence-corrected chi connectivity index (χ2v) is 5.13. The summed E-state index contributed by atoms with van der Waals surface area (Å²) >= 11 is 0. The minimum atomic E-state index is -0.722. The number of para-hydroxylation sites is 2. The Morgan fingerprint density at radius 1 is 1.17 bits per heavy atom. The van der Waals surface area contributed by atoms with Gasteiger partial charge >= 0.3 is 0 Å². The lowest BCUT2D eigenvalue weighted by Gasteiger charge is -2.18. The summed E-state index contributed by atoms with van der Waals surface area (Å²) in [7, 11) is 3.16. The molecule has 0 bridgehead atoms. The Balaban J connectivity index is 1.75. The lowest BCUT2D eigenvalue weighted by Crippen LogP contribution is -2.29. The highest BCUT2D eigenvalue weighted by Gasteiger charge is 2.20. The average Bonchev–Trinajstić information content (AvgIpc) is 2.65.